The van der Waals surface area contributed by atoms with Crippen molar-refractivity contribution in [3.63, 3.8) is 0 Å². The largest absolute Gasteiger partial charge is 0.508 e. The van der Waals surface area contributed by atoms with Gasteiger partial charge in [-0.05, 0) is 54.4 Å². The van der Waals surface area contributed by atoms with E-state index in [1.54, 1.807) is 22.5 Å². The molecule has 2 amide bonds. The van der Waals surface area contributed by atoms with Crippen LogP contribution in [0.15, 0.2) is 101 Å². The number of fused-ring (bicyclic) bond motifs is 1. The Hall–Kier alpha value is -4.80. The molecule has 0 saturated carbocycles. The minimum atomic E-state index is -0.372. The summed E-state index contributed by atoms with van der Waals surface area (Å²) in [5, 5.41) is 30.3. The Morgan fingerprint density at radius 3 is 2.53 bits per heavy atom. The van der Waals surface area contributed by atoms with Crippen LogP contribution in [-0.2, 0) is 12.0 Å². The molecular weight excluding hydrogens is 606 g/mol. The molecule has 0 aliphatic heterocycles. The summed E-state index contributed by atoms with van der Waals surface area (Å²) in [5.74, 6) is 1.33. The summed E-state index contributed by atoms with van der Waals surface area (Å²) in [6, 6.07) is 26.2. The van der Waals surface area contributed by atoms with Crippen molar-refractivity contribution in [1.29, 1.82) is 0 Å². The van der Waals surface area contributed by atoms with Crippen molar-refractivity contribution >= 4 is 40.9 Å². The van der Waals surface area contributed by atoms with E-state index in [4.69, 9.17) is 16.7 Å². The van der Waals surface area contributed by atoms with Crippen molar-refractivity contribution < 1.29 is 9.90 Å². The lowest BCUT2D eigenvalue weighted by atomic mass is 9.92. The molecular formula is C34H32ClN7O2S. The molecule has 6 rings (SSSR count). The number of hydrogen-bond donors (Lipinski definition) is 3. The Labute approximate surface area is 270 Å². The van der Waals surface area contributed by atoms with Crippen LogP contribution in [0.4, 0.5) is 10.6 Å². The number of carbonyl (C=O) groups is 1. The number of phenolic OH excluding ortho intramolecular Hbond substituents is 1. The molecule has 9 nitrogen and oxygen atoms in total. The molecule has 0 unspecified atom stereocenters. The highest BCUT2D eigenvalue weighted by Gasteiger charge is 2.22. The highest BCUT2D eigenvalue weighted by Crippen LogP contribution is 2.33. The fourth-order valence-corrected chi connectivity index (χ4v) is 5.92. The molecule has 0 radical (unpaired) electrons. The third-order valence-corrected chi connectivity index (χ3v) is 8.71. The average molecular weight is 638 g/mol. The number of rotatable bonds is 7. The maximum absolute atomic E-state index is 13.2. The maximum atomic E-state index is 13.2. The predicted molar refractivity (Wildman–Crippen MR) is 179 cm³/mol. The molecule has 3 N–H and O–H groups in total. The molecule has 0 fully saturated rings. The minimum absolute atomic E-state index is 0.161. The Morgan fingerprint density at radius 1 is 0.978 bits per heavy atom. The molecule has 0 saturated heterocycles. The summed E-state index contributed by atoms with van der Waals surface area (Å²) in [7, 11) is 0. The number of nitrogens with one attached hydrogen (secondary N) is 2. The molecule has 0 aliphatic rings. The lowest BCUT2D eigenvalue weighted by Gasteiger charge is -2.14. The number of pyridine rings is 1. The predicted octanol–water partition coefficient (Wildman–Crippen LogP) is 8.02. The van der Waals surface area contributed by atoms with E-state index in [1.165, 1.54) is 0 Å². The molecule has 0 aliphatic carbocycles. The van der Waals surface area contributed by atoms with Gasteiger partial charge < -0.3 is 10.4 Å². The lowest BCUT2D eigenvalue weighted by molar-refractivity contribution is 0.251. The third-order valence-electron chi connectivity index (χ3n) is 7.29. The number of aromatic hydroxyl groups is 1. The van der Waals surface area contributed by atoms with Crippen molar-refractivity contribution in [1.82, 2.24) is 29.7 Å². The second-order valence-corrected chi connectivity index (χ2v) is 13.2. The molecule has 3 aromatic carbocycles. The molecule has 0 atom stereocenters. The molecule has 45 heavy (non-hydrogen) atoms. The van der Waals surface area contributed by atoms with Crippen LogP contribution in [0.3, 0.4) is 0 Å². The second-order valence-electron chi connectivity index (χ2n) is 11.7. The van der Waals surface area contributed by atoms with Gasteiger partial charge in [0.05, 0.1) is 16.4 Å². The Kier molecular flexibility index (Phi) is 8.26. The van der Waals surface area contributed by atoms with Gasteiger partial charge in [-0.3, -0.25) is 9.72 Å². The molecule has 0 spiro atoms. The number of urea groups is 1. The zero-order chi connectivity index (χ0) is 31.7. The number of anilines is 1. The number of carbonyl (C=O) groups excluding carboxylic acids is 1. The SMILES string of the molecule is Cc1ccc(-n2nc(C(C)(C)C)cc2NC(=O)NCc2ccccc2Sc2ccc3nnc(-c4ccccc4Cl)n3c2)cc1O. The molecule has 3 aromatic heterocycles. The minimum Gasteiger partial charge on any atom is -0.508 e. The Balaban J connectivity index is 1.20. The van der Waals surface area contributed by atoms with Crippen LogP contribution in [0.1, 0.15) is 37.6 Å². The Morgan fingerprint density at radius 2 is 1.76 bits per heavy atom. The van der Waals surface area contributed by atoms with Gasteiger partial charge in [-0.15, -0.1) is 10.2 Å². The van der Waals surface area contributed by atoms with Crippen LogP contribution in [0.5, 0.6) is 5.75 Å². The number of nitrogens with zero attached hydrogens (tertiary/aromatic N) is 5. The first-order valence-corrected chi connectivity index (χ1v) is 15.6. The van der Waals surface area contributed by atoms with E-state index in [0.717, 1.165) is 37.8 Å². The topological polar surface area (TPSA) is 109 Å². The van der Waals surface area contributed by atoms with Crippen molar-refractivity contribution in [2.24, 2.45) is 0 Å². The molecule has 0 bridgehead atoms. The normalized spacial score (nSPS) is 11.6. The summed E-state index contributed by atoms with van der Waals surface area (Å²) in [4.78, 5) is 15.2. The quantitative estimate of drug-likeness (QED) is 0.164. The first kappa shape index (κ1) is 30.2. The summed E-state index contributed by atoms with van der Waals surface area (Å²) in [6.45, 7) is 8.31. The monoisotopic (exact) mass is 637 g/mol. The van der Waals surface area contributed by atoms with Crippen molar-refractivity contribution in [2.75, 3.05) is 5.32 Å². The number of amides is 2. The number of halogens is 1. The first-order valence-electron chi connectivity index (χ1n) is 14.4. The van der Waals surface area contributed by atoms with Crippen LogP contribution in [0.25, 0.3) is 22.7 Å². The van der Waals surface area contributed by atoms with E-state index in [9.17, 15) is 9.90 Å². The zero-order valence-corrected chi connectivity index (χ0v) is 26.8. The van der Waals surface area contributed by atoms with Gasteiger partial charge >= 0.3 is 6.03 Å². The van der Waals surface area contributed by atoms with Gasteiger partial charge in [0, 0.05) is 45.6 Å². The van der Waals surface area contributed by atoms with E-state index in [-0.39, 0.29) is 17.2 Å². The van der Waals surface area contributed by atoms with Crippen molar-refractivity contribution in [2.45, 2.75) is 49.4 Å². The van der Waals surface area contributed by atoms with Crippen LogP contribution < -0.4 is 10.6 Å². The molecule has 11 heteroatoms. The van der Waals surface area contributed by atoms with Gasteiger partial charge in [0.25, 0.3) is 0 Å². The highest BCUT2D eigenvalue weighted by molar-refractivity contribution is 7.99. The van der Waals surface area contributed by atoms with Crippen LogP contribution in [-0.4, -0.2) is 35.5 Å². The number of aromatic nitrogens is 5. The maximum Gasteiger partial charge on any atom is 0.320 e. The third kappa shape index (κ3) is 6.52. The van der Waals surface area contributed by atoms with Gasteiger partial charge in [0.15, 0.2) is 11.5 Å². The zero-order valence-electron chi connectivity index (χ0n) is 25.2. The van der Waals surface area contributed by atoms with Gasteiger partial charge in [0.2, 0.25) is 0 Å². The first-order chi connectivity index (χ1) is 21.6. The van der Waals surface area contributed by atoms with Gasteiger partial charge in [-0.2, -0.15) is 5.10 Å². The molecule has 3 heterocycles. The summed E-state index contributed by atoms with van der Waals surface area (Å²) in [6.07, 6.45) is 1.99. The van der Waals surface area contributed by atoms with E-state index < -0.39 is 0 Å². The summed E-state index contributed by atoms with van der Waals surface area (Å²) < 4.78 is 3.57. The summed E-state index contributed by atoms with van der Waals surface area (Å²) in [5.41, 5.74) is 4.45. The van der Waals surface area contributed by atoms with Crippen LogP contribution in [0, 0.1) is 6.92 Å². The molecule has 6 aromatic rings. The van der Waals surface area contributed by atoms with Gasteiger partial charge in [-0.1, -0.05) is 80.5 Å². The van der Waals surface area contributed by atoms with E-state index in [1.807, 2.05) is 96.4 Å². The standard InChI is InChI=1S/C34H32ClN7O2S/c1-21-13-14-23(17-27(21)43)42-31(18-29(40-42)34(2,3)4)37-33(44)36-19-22-9-5-8-12-28(22)45-24-15-16-30-38-39-32(41(30)20-24)25-10-6-7-11-26(25)35/h5-18,20,43H,19H2,1-4H3,(H2,36,37,44). The van der Waals surface area contributed by atoms with Crippen molar-refractivity contribution in [3.8, 4) is 22.8 Å². The molecule has 228 valence electrons. The number of hydrogen-bond acceptors (Lipinski definition) is 6. The van der Waals surface area contributed by atoms with Gasteiger partial charge in [-0.25, -0.2) is 9.48 Å². The van der Waals surface area contributed by atoms with E-state index >= 15 is 0 Å². The number of phenols is 1. The Bertz CT molecular complexity index is 2030. The number of aryl methyl sites for hydroxylation is 1. The van der Waals surface area contributed by atoms with Crippen LogP contribution in [0.2, 0.25) is 5.02 Å². The average Bonchev–Trinajstić information content (AvgIpc) is 3.63. The van der Waals surface area contributed by atoms with Crippen LogP contribution >= 0.6 is 23.4 Å². The second kappa shape index (κ2) is 12.3. The fraction of sp³-hybridized carbons (Fsp3) is 0.176. The van der Waals surface area contributed by atoms with E-state index in [0.29, 0.717) is 28.9 Å². The fourth-order valence-electron chi connectivity index (χ4n) is 4.73. The van der Waals surface area contributed by atoms with Gasteiger partial charge in [0.1, 0.15) is 11.6 Å². The van der Waals surface area contributed by atoms with E-state index in [2.05, 4.69) is 41.6 Å². The number of benzene rings is 3. The summed E-state index contributed by atoms with van der Waals surface area (Å²) >= 11 is 8.04. The smallest absolute Gasteiger partial charge is 0.320 e. The lowest BCUT2D eigenvalue weighted by Crippen LogP contribution is -2.29. The van der Waals surface area contributed by atoms with Crippen molar-refractivity contribution in [3.05, 3.63) is 113 Å². The highest BCUT2D eigenvalue weighted by atomic mass is 35.5.